The van der Waals surface area contributed by atoms with Gasteiger partial charge in [-0.2, -0.15) is 0 Å². The molecular weight excluding hydrogens is 180 g/mol. The highest BCUT2D eigenvalue weighted by Crippen LogP contribution is 2.19. The molecule has 2 N–H and O–H groups in total. The van der Waals surface area contributed by atoms with E-state index < -0.39 is 6.04 Å². The molecule has 1 atom stereocenters. The van der Waals surface area contributed by atoms with Gasteiger partial charge in [-0.15, -0.1) is 0 Å². The second kappa shape index (κ2) is 4.28. The first-order chi connectivity index (χ1) is 6.43. The lowest BCUT2D eigenvalue weighted by atomic mass is 9.86. The largest absolute Gasteiger partial charge is 0.378 e. The highest BCUT2D eigenvalue weighted by molar-refractivity contribution is 5.82. The van der Waals surface area contributed by atoms with Crippen LogP contribution in [0.25, 0.3) is 0 Å². The molecule has 1 unspecified atom stereocenters. The SMILES string of the molecule is CC(C)(C)C(N)C(=O)N1CCOCC1. The average Bonchev–Trinajstić information content (AvgIpc) is 2.15. The first-order valence-corrected chi connectivity index (χ1v) is 5.05. The van der Waals surface area contributed by atoms with Crippen LogP contribution in [0.3, 0.4) is 0 Å². The zero-order valence-corrected chi connectivity index (χ0v) is 9.25. The minimum atomic E-state index is -0.416. The van der Waals surface area contributed by atoms with E-state index in [0.29, 0.717) is 26.3 Å². The van der Waals surface area contributed by atoms with Crippen LogP contribution in [0.15, 0.2) is 0 Å². The fourth-order valence-corrected chi connectivity index (χ4v) is 1.35. The van der Waals surface area contributed by atoms with Crippen molar-refractivity contribution in [3.05, 3.63) is 0 Å². The molecule has 0 aromatic carbocycles. The predicted octanol–water partition coefficient (Wildman–Crippen LogP) is 0.219. The lowest BCUT2D eigenvalue weighted by molar-refractivity contribution is -0.139. The van der Waals surface area contributed by atoms with E-state index in [2.05, 4.69) is 0 Å². The minimum absolute atomic E-state index is 0.0424. The molecule has 82 valence electrons. The van der Waals surface area contributed by atoms with Crippen LogP contribution >= 0.6 is 0 Å². The number of carbonyl (C=O) groups excluding carboxylic acids is 1. The van der Waals surface area contributed by atoms with E-state index in [1.807, 2.05) is 20.8 Å². The van der Waals surface area contributed by atoms with Gasteiger partial charge in [0.25, 0.3) is 0 Å². The summed E-state index contributed by atoms with van der Waals surface area (Å²) in [6.45, 7) is 8.54. The minimum Gasteiger partial charge on any atom is -0.378 e. The maximum Gasteiger partial charge on any atom is 0.240 e. The predicted molar refractivity (Wildman–Crippen MR) is 54.8 cm³/mol. The summed E-state index contributed by atoms with van der Waals surface area (Å²) >= 11 is 0. The first-order valence-electron chi connectivity index (χ1n) is 5.05. The van der Waals surface area contributed by atoms with Gasteiger partial charge in [0.2, 0.25) is 5.91 Å². The third-order valence-electron chi connectivity index (χ3n) is 2.52. The maximum absolute atomic E-state index is 11.9. The van der Waals surface area contributed by atoms with Crippen molar-refractivity contribution in [2.75, 3.05) is 26.3 Å². The Hall–Kier alpha value is -0.610. The third kappa shape index (κ3) is 2.69. The van der Waals surface area contributed by atoms with Crippen molar-refractivity contribution in [3.63, 3.8) is 0 Å². The number of morpholine rings is 1. The Morgan fingerprint density at radius 3 is 2.29 bits per heavy atom. The second-order valence-corrected chi connectivity index (χ2v) is 4.78. The Morgan fingerprint density at radius 1 is 1.36 bits per heavy atom. The number of hydrogen-bond acceptors (Lipinski definition) is 3. The Labute approximate surface area is 85.4 Å². The van der Waals surface area contributed by atoms with Crippen molar-refractivity contribution in [1.29, 1.82) is 0 Å². The number of carbonyl (C=O) groups is 1. The van der Waals surface area contributed by atoms with E-state index in [0.717, 1.165) is 0 Å². The summed E-state index contributed by atoms with van der Waals surface area (Å²) in [5.41, 5.74) is 5.72. The van der Waals surface area contributed by atoms with Crippen molar-refractivity contribution in [2.45, 2.75) is 26.8 Å². The van der Waals surface area contributed by atoms with Gasteiger partial charge < -0.3 is 15.4 Å². The van der Waals surface area contributed by atoms with Crippen molar-refractivity contribution in [2.24, 2.45) is 11.1 Å². The third-order valence-corrected chi connectivity index (χ3v) is 2.52. The molecule has 1 fully saturated rings. The van der Waals surface area contributed by atoms with Gasteiger partial charge in [-0.05, 0) is 5.41 Å². The zero-order valence-electron chi connectivity index (χ0n) is 9.25. The first kappa shape index (κ1) is 11.5. The molecule has 1 aliphatic heterocycles. The molecule has 0 aromatic rings. The smallest absolute Gasteiger partial charge is 0.240 e. The summed E-state index contributed by atoms with van der Waals surface area (Å²) in [6, 6.07) is -0.416. The van der Waals surface area contributed by atoms with Crippen LogP contribution in [0.1, 0.15) is 20.8 Å². The van der Waals surface area contributed by atoms with Crippen molar-refractivity contribution in [1.82, 2.24) is 4.90 Å². The summed E-state index contributed by atoms with van der Waals surface area (Å²) < 4.78 is 5.18. The number of rotatable bonds is 1. The number of nitrogens with two attached hydrogens (primary N) is 1. The summed E-state index contributed by atoms with van der Waals surface area (Å²) in [6.07, 6.45) is 0. The van der Waals surface area contributed by atoms with Crippen LogP contribution in [0.5, 0.6) is 0 Å². The average molecular weight is 200 g/mol. The Bertz CT molecular complexity index is 205. The monoisotopic (exact) mass is 200 g/mol. The number of nitrogens with zero attached hydrogens (tertiary/aromatic N) is 1. The van der Waals surface area contributed by atoms with Gasteiger partial charge in [-0.3, -0.25) is 4.79 Å². The van der Waals surface area contributed by atoms with E-state index in [9.17, 15) is 4.79 Å². The molecule has 4 heteroatoms. The molecular formula is C10H20N2O2. The summed E-state index contributed by atoms with van der Waals surface area (Å²) in [5.74, 6) is 0.0424. The molecule has 1 heterocycles. The van der Waals surface area contributed by atoms with Gasteiger partial charge in [-0.25, -0.2) is 0 Å². The summed E-state index contributed by atoms with van der Waals surface area (Å²) in [7, 11) is 0. The number of amides is 1. The lowest BCUT2D eigenvalue weighted by Gasteiger charge is -2.33. The molecule has 14 heavy (non-hydrogen) atoms. The Morgan fingerprint density at radius 2 is 1.86 bits per heavy atom. The van der Waals surface area contributed by atoms with Gasteiger partial charge in [0.15, 0.2) is 0 Å². The standard InChI is InChI=1S/C10H20N2O2/c1-10(2,3)8(11)9(13)12-4-6-14-7-5-12/h8H,4-7,11H2,1-3H3. The molecule has 1 aliphatic rings. The zero-order chi connectivity index (χ0) is 10.8. The maximum atomic E-state index is 11.9. The topological polar surface area (TPSA) is 55.6 Å². The van der Waals surface area contributed by atoms with Gasteiger partial charge in [-0.1, -0.05) is 20.8 Å². The highest BCUT2D eigenvalue weighted by atomic mass is 16.5. The Balaban J connectivity index is 2.55. The van der Waals surface area contributed by atoms with Gasteiger partial charge >= 0.3 is 0 Å². The van der Waals surface area contributed by atoms with Crippen molar-refractivity contribution < 1.29 is 9.53 Å². The van der Waals surface area contributed by atoms with Gasteiger partial charge in [0, 0.05) is 13.1 Å². The second-order valence-electron chi connectivity index (χ2n) is 4.78. The molecule has 0 aliphatic carbocycles. The van der Waals surface area contributed by atoms with Crippen LogP contribution < -0.4 is 5.73 Å². The fraction of sp³-hybridized carbons (Fsp3) is 0.900. The van der Waals surface area contributed by atoms with Crippen LogP contribution in [0, 0.1) is 5.41 Å². The normalized spacial score (nSPS) is 20.7. The van der Waals surface area contributed by atoms with E-state index in [1.54, 1.807) is 4.90 Å². The molecule has 4 nitrogen and oxygen atoms in total. The molecule has 0 saturated carbocycles. The molecule has 0 spiro atoms. The summed E-state index contributed by atoms with van der Waals surface area (Å²) in [4.78, 5) is 13.7. The quantitative estimate of drug-likeness (QED) is 0.658. The number of hydrogen-bond donors (Lipinski definition) is 1. The van der Waals surface area contributed by atoms with E-state index >= 15 is 0 Å². The van der Waals surface area contributed by atoms with Crippen LogP contribution in [-0.4, -0.2) is 43.2 Å². The van der Waals surface area contributed by atoms with Gasteiger partial charge in [0.1, 0.15) is 0 Å². The van der Waals surface area contributed by atoms with E-state index in [1.165, 1.54) is 0 Å². The van der Waals surface area contributed by atoms with Crippen molar-refractivity contribution in [3.8, 4) is 0 Å². The lowest BCUT2D eigenvalue weighted by Crippen LogP contribution is -2.53. The molecule has 1 amide bonds. The van der Waals surface area contributed by atoms with E-state index in [4.69, 9.17) is 10.5 Å². The molecule has 1 rings (SSSR count). The highest BCUT2D eigenvalue weighted by Gasteiger charge is 2.31. The summed E-state index contributed by atoms with van der Waals surface area (Å²) in [5, 5.41) is 0. The molecule has 1 saturated heterocycles. The van der Waals surface area contributed by atoms with Crippen LogP contribution in [-0.2, 0) is 9.53 Å². The molecule has 0 radical (unpaired) electrons. The Kier molecular flexibility index (Phi) is 3.50. The van der Waals surface area contributed by atoms with Gasteiger partial charge in [0.05, 0.1) is 19.3 Å². The van der Waals surface area contributed by atoms with E-state index in [-0.39, 0.29) is 11.3 Å². The molecule has 0 aromatic heterocycles. The van der Waals surface area contributed by atoms with Crippen LogP contribution in [0.4, 0.5) is 0 Å². The number of ether oxygens (including phenoxy) is 1. The van der Waals surface area contributed by atoms with Crippen LogP contribution in [0.2, 0.25) is 0 Å². The molecule has 0 bridgehead atoms. The van der Waals surface area contributed by atoms with Crippen molar-refractivity contribution >= 4 is 5.91 Å². The fourth-order valence-electron chi connectivity index (χ4n) is 1.35.